The molecule has 1 aliphatic carbocycles. The molecule has 0 unspecified atom stereocenters. The molecule has 0 aromatic heterocycles. The predicted octanol–water partition coefficient (Wildman–Crippen LogP) is 5.49. The number of hydrogen-bond donors (Lipinski definition) is 0. The van der Waals surface area contributed by atoms with Gasteiger partial charge < -0.3 is 0 Å². The zero-order valence-corrected chi connectivity index (χ0v) is 12.6. The van der Waals surface area contributed by atoms with Crippen molar-refractivity contribution in [3.8, 4) is 6.07 Å². The summed E-state index contributed by atoms with van der Waals surface area (Å²) in [6.07, 6.45) is 10.6. The van der Waals surface area contributed by atoms with Crippen LogP contribution >= 0.6 is 0 Å². The van der Waals surface area contributed by atoms with Gasteiger partial charge in [0.15, 0.2) is 0 Å². The average Bonchev–Trinajstić information content (AvgIpc) is 2.74. The first-order chi connectivity index (χ1) is 9.79. The number of benzene rings is 1. The fourth-order valence-corrected chi connectivity index (χ4v) is 3.06. The largest absolute Gasteiger partial charge is 0.198 e. The van der Waals surface area contributed by atoms with Gasteiger partial charge in [0.25, 0.3) is 0 Å². The van der Waals surface area contributed by atoms with Crippen LogP contribution in [0.15, 0.2) is 35.4 Å². The lowest BCUT2D eigenvalue weighted by Gasteiger charge is -2.13. The van der Waals surface area contributed by atoms with Gasteiger partial charge in [-0.3, -0.25) is 0 Å². The molecule has 0 aliphatic heterocycles. The van der Waals surface area contributed by atoms with Crippen LogP contribution < -0.4 is 0 Å². The Morgan fingerprint density at radius 3 is 2.30 bits per heavy atom. The van der Waals surface area contributed by atoms with Gasteiger partial charge >= 0.3 is 0 Å². The molecule has 2 rings (SSSR count). The lowest BCUT2D eigenvalue weighted by Crippen LogP contribution is -1.97. The van der Waals surface area contributed by atoms with Gasteiger partial charge in [-0.2, -0.15) is 5.26 Å². The van der Waals surface area contributed by atoms with Crippen molar-refractivity contribution in [3.05, 3.63) is 46.5 Å². The second-order valence-corrected chi connectivity index (χ2v) is 5.94. The summed E-state index contributed by atoms with van der Waals surface area (Å²) in [5, 5.41) is 8.90. The van der Waals surface area contributed by atoms with E-state index in [4.69, 9.17) is 5.26 Å². The van der Waals surface area contributed by atoms with Gasteiger partial charge in [0.05, 0.1) is 6.07 Å². The minimum absolute atomic E-state index is 0.657. The summed E-state index contributed by atoms with van der Waals surface area (Å²) in [6.45, 7) is 2.13. The molecule has 0 atom stereocenters. The zero-order chi connectivity index (χ0) is 14.2. The monoisotopic (exact) mass is 267 g/mol. The van der Waals surface area contributed by atoms with E-state index < -0.39 is 0 Å². The Morgan fingerprint density at radius 2 is 1.70 bits per heavy atom. The molecule has 0 bridgehead atoms. The number of aryl methyl sites for hydroxylation is 1. The minimum atomic E-state index is 0.657. The molecule has 106 valence electrons. The number of hydrogen-bond acceptors (Lipinski definition) is 1. The van der Waals surface area contributed by atoms with Crippen molar-refractivity contribution in [2.45, 2.75) is 64.7 Å². The van der Waals surface area contributed by atoms with E-state index in [1.165, 1.54) is 55.2 Å². The van der Waals surface area contributed by atoms with Crippen LogP contribution in [0, 0.1) is 18.3 Å². The third-order valence-electron chi connectivity index (χ3n) is 4.28. The smallest absolute Gasteiger partial charge is 0.0625 e. The standard InChI is InChI=1S/C19H25N/c1-16-10-12-17(13-11-16)15-19(9-6-14-20)18-7-4-2-3-5-8-18/h10-13H,2-9,15H2,1H3. The van der Waals surface area contributed by atoms with E-state index in [0.29, 0.717) is 6.42 Å². The summed E-state index contributed by atoms with van der Waals surface area (Å²) in [7, 11) is 0. The summed E-state index contributed by atoms with van der Waals surface area (Å²) in [5.74, 6) is 0. The summed E-state index contributed by atoms with van der Waals surface area (Å²) in [5.41, 5.74) is 5.89. The number of allylic oxidation sites excluding steroid dienone is 2. The second-order valence-electron chi connectivity index (χ2n) is 5.94. The van der Waals surface area contributed by atoms with E-state index >= 15 is 0 Å². The molecule has 1 nitrogen and oxygen atoms in total. The fourth-order valence-electron chi connectivity index (χ4n) is 3.06. The first-order valence-corrected chi connectivity index (χ1v) is 7.92. The summed E-state index contributed by atoms with van der Waals surface area (Å²) in [4.78, 5) is 0. The Balaban J connectivity index is 2.15. The van der Waals surface area contributed by atoms with Crippen molar-refractivity contribution in [2.24, 2.45) is 0 Å². The first-order valence-electron chi connectivity index (χ1n) is 7.92. The summed E-state index contributed by atoms with van der Waals surface area (Å²) < 4.78 is 0. The molecule has 0 amide bonds. The highest BCUT2D eigenvalue weighted by Crippen LogP contribution is 2.28. The lowest BCUT2D eigenvalue weighted by atomic mass is 9.92. The van der Waals surface area contributed by atoms with Gasteiger partial charge in [-0.1, -0.05) is 53.8 Å². The Morgan fingerprint density at radius 1 is 1.05 bits per heavy atom. The normalized spacial score (nSPS) is 15.5. The molecule has 0 heterocycles. The van der Waals surface area contributed by atoms with Crippen molar-refractivity contribution in [1.82, 2.24) is 0 Å². The molecule has 0 radical (unpaired) electrons. The van der Waals surface area contributed by atoms with Gasteiger partial charge in [0.1, 0.15) is 0 Å². The van der Waals surface area contributed by atoms with Gasteiger partial charge in [-0.05, 0) is 51.0 Å². The number of nitriles is 1. The molecule has 20 heavy (non-hydrogen) atoms. The van der Waals surface area contributed by atoms with Gasteiger partial charge in [0, 0.05) is 6.42 Å². The van der Waals surface area contributed by atoms with Crippen LogP contribution in [0.1, 0.15) is 62.5 Å². The predicted molar refractivity (Wildman–Crippen MR) is 84.5 cm³/mol. The molecule has 0 saturated heterocycles. The quantitative estimate of drug-likeness (QED) is 0.522. The highest BCUT2D eigenvalue weighted by molar-refractivity contribution is 5.28. The molecule has 1 saturated carbocycles. The van der Waals surface area contributed by atoms with Crippen LogP contribution in [0.25, 0.3) is 0 Å². The summed E-state index contributed by atoms with van der Waals surface area (Å²) in [6, 6.07) is 11.2. The number of rotatable bonds is 4. The van der Waals surface area contributed by atoms with Gasteiger partial charge in [0.2, 0.25) is 0 Å². The third-order valence-corrected chi connectivity index (χ3v) is 4.28. The van der Waals surface area contributed by atoms with Gasteiger partial charge in [-0.25, -0.2) is 0 Å². The van der Waals surface area contributed by atoms with Crippen LogP contribution in [0.5, 0.6) is 0 Å². The Labute approximate surface area is 123 Å². The van der Waals surface area contributed by atoms with E-state index in [0.717, 1.165) is 12.8 Å². The molecule has 1 heteroatoms. The highest BCUT2D eigenvalue weighted by atomic mass is 14.2. The maximum absolute atomic E-state index is 8.90. The Bertz CT molecular complexity index is 477. The van der Waals surface area contributed by atoms with E-state index in [1.54, 1.807) is 5.57 Å². The van der Waals surface area contributed by atoms with Gasteiger partial charge in [-0.15, -0.1) is 0 Å². The number of nitrogens with zero attached hydrogens (tertiary/aromatic N) is 1. The maximum atomic E-state index is 8.90. The molecular formula is C19H25N. The molecule has 1 aromatic carbocycles. The van der Waals surface area contributed by atoms with Crippen molar-refractivity contribution in [2.75, 3.05) is 0 Å². The summed E-state index contributed by atoms with van der Waals surface area (Å²) >= 11 is 0. The SMILES string of the molecule is Cc1ccc(CC(CCC#N)=C2CCCCCC2)cc1. The van der Waals surface area contributed by atoms with E-state index in [1.807, 2.05) is 0 Å². The molecule has 1 aliphatic rings. The molecule has 0 N–H and O–H groups in total. The maximum Gasteiger partial charge on any atom is 0.0625 e. The molecule has 1 fully saturated rings. The van der Waals surface area contributed by atoms with Crippen LogP contribution in [-0.4, -0.2) is 0 Å². The van der Waals surface area contributed by atoms with Crippen molar-refractivity contribution in [1.29, 1.82) is 5.26 Å². The Hall–Kier alpha value is -1.55. The van der Waals surface area contributed by atoms with Crippen molar-refractivity contribution < 1.29 is 0 Å². The van der Waals surface area contributed by atoms with E-state index in [-0.39, 0.29) is 0 Å². The minimum Gasteiger partial charge on any atom is -0.198 e. The Kier molecular flexibility index (Phi) is 5.87. The molecule has 0 spiro atoms. The van der Waals surface area contributed by atoms with Crippen LogP contribution in [0.2, 0.25) is 0 Å². The molecule has 1 aromatic rings. The van der Waals surface area contributed by atoms with Crippen LogP contribution in [0.4, 0.5) is 0 Å². The molecular weight excluding hydrogens is 242 g/mol. The van der Waals surface area contributed by atoms with Crippen LogP contribution in [-0.2, 0) is 6.42 Å². The second kappa shape index (κ2) is 7.90. The third kappa shape index (κ3) is 4.53. The lowest BCUT2D eigenvalue weighted by molar-refractivity contribution is 0.702. The first kappa shape index (κ1) is 14.9. The van der Waals surface area contributed by atoms with Crippen LogP contribution in [0.3, 0.4) is 0 Å². The van der Waals surface area contributed by atoms with E-state index in [9.17, 15) is 0 Å². The average molecular weight is 267 g/mol. The van der Waals surface area contributed by atoms with Crippen molar-refractivity contribution in [3.63, 3.8) is 0 Å². The van der Waals surface area contributed by atoms with E-state index in [2.05, 4.69) is 37.3 Å². The zero-order valence-electron chi connectivity index (χ0n) is 12.6. The fraction of sp³-hybridized carbons (Fsp3) is 0.526. The topological polar surface area (TPSA) is 23.8 Å². The van der Waals surface area contributed by atoms with Crippen molar-refractivity contribution >= 4 is 0 Å². The highest BCUT2D eigenvalue weighted by Gasteiger charge is 2.11.